The van der Waals surface area contributed by atoms with Crippen LogP contribution in [0.2, 0.25) is 0 Å². The van der Waals surface area contributed by atoms with Crippen LogP contribution in [0.5, 0.6) is 0 Å². The van der Waals surface area contributed by atoms with Crippen LogP contribution < -0.4 is 10.6 Å². The molecule has 0 radical (unpaired) electrons. The Balaban J connectivity index is 1.55. The molecule has 2 aliphatic heterocycles. The number of hydrogen-bond donors (Lipinski definition) is 2. The third-order valence-corrected chi connectivity index (χ3v) is 5.74. The van der Waals surface area contributed by atoms with E-state index in [0.29, 0.717) is 19.5 Å². The molecule has 5 nitrogen and oxygen atoms in total. The van der Waals surface area contributed by atoms with Crippen molar-refractivity contribution in [3.05, 3.63) is 71.3 Å². The predicted molar refractivity (Wildman–Crippen MR) is 109 cm³/mol. The normalized spacial score (nSPS) is 23.6. The Bertz CT molecular complexity index is 837. The van der Waals surface area contributed by atoms with E-state index in [9.17, 15) is 9.59 Å². The lowest BCUT2D eigenvalue weighted by molar-refractivity contribution is -0.121. The van der Waals surface area contributed by atoms with Gasteiger partial charge in [0.2, 0.25) is 5.91 Å². The van der Waals surface area contributed by atoms with Gasteiger partial charge in [0.25, 0.3) is 5.91 Å². The SMILES string of the molecule is O=C1C[C@@H](c2ccccc2)NCCCCN2C[C@H](CN1)c1ccccc1C2=O. The molecule has 0 spiro atoms. The Morgan fingerprint density at radius 2 is 1.71 bits per heavy atom. The number of benzene rings is 2. The van der Waals surface area contributed by atoms with Gasteiger partial charge in [-0.2, -0.15) is 0 Å². The highest BCUT2D eigenvalue weighted by Crippen LogP contribution is 2.28. The van der Waals surface area contributed by atoms with Crippen molar-refractivity contribution in [2.45, 2.75) is 31.2 Å². The topological polar surface area (TPSA) is 61.4 Å². The summed E-state index contributed by atoms with van der Waals surface area (Å²) >= 11 is 0. The largest absolute Gasteiger partial charge is 0.355 e. The number of fused-ring (bicyclic) bond motifs is 4. The van der Waals surface area contributed by atoms with Crippen molar-refractivity contribution in [3.63, 3.8) is 0 Å². The van der Waals surface area contributed by atoms with E-state index in [1.54, 1.807) is 0 Å². The van der Waals surface area contributed by atoms with Gasteiger partial charge < -0.3 is 15.5 Å². The van der Waals surface area contributed by atoms with E-state index < -0.39 is 0 Å². The van der Waals surface area contributed by atoms with Crippen molar-refractivity contribution in [2.75, 3.05) is 26.2 Å². The second-order valence-corrected chi connectivity index (χ2v) is 7.67. The van der Waals surface area contributed by atoms with Gasteiger partial charge in [0, 0.05) is 43.6 Å². The molecule has 2 heterocycles. The molecule has 2 N–H and O–H groups in total. The molecule has 2 aromatic carbocycles. The minimum absolute atomic E-state index is 0.00977. The van der Waals surface area contributed by atoms with Crippen molar-refractivity contribution in [3.8, 4) is 0 Å². The van der Waals surface area contributed by atoms with Crippen LogP contribution in [-0.2, 0) is 4.79 Å². The fourth-order valence-corrected chi connectivity index (χ4v) is 4.22. The summed E-state index contributed by atoms with van der Waals surface area (Å²) < 4.78 is 0. The smallest absolute Gasteiger partial charge is 0.254 e. The number of carbonyl (C=O) groups excluding carboxylic acids is 2. The molecule has 2 aliphatic rings. The van der Waals surface area contributed by atoms with E-state index in [2.05, 4.69) is 22.8 Å². The average molecular weight is 377 g/mol. The molecule has 0 aliphatic carbocycles. The van der Waals surface area contributed by atoms with Gasteiger partial charge in [-0.25, -0.2) is 0 Å². The molecule has 4 rings (SSSR count). The Hall–Kier alpha value is -2.66. The van der Waals surface area contributed by atoms with Crippen LogP contribution in [0.1, 0.15) is 52.7 Å². The Labute approximate surface area is 166 Å². The maximum Gasteiger partial charge on any atom is 0.254 e. The van der Waals surface area contributed by atoms with E-state index in [0.717, 1.165) is 42.6 Å². The highest BCUT2D eigenvalue weighted by Gasteiger charge is 2.31. The summed E-state index contributed by atoms with van der Waals surface area (Å²) in [7, 11) is 0. The average Bonchev–Trinajstić information content (AvgIpc) is 2.75. The lowest BCUT2D eigenvalue weighted by atomic mass is 9.89. The molecule has 2 bridgehead atoms. The van der Waals surface area contributed by atoms with Gasteiger partial charge >= 0.3 is 0 Å². The summed E-state index contributed by atoms with van der Waals surface area (Å²) in [5, 5.41) is 6.64. The van der Waals surface area contributed by atoms with Gasteiger partial charge in [-0.1, -0.05) is 48.5 Å². The number of amides is 2. The molecule has 2 atom stereocenters. The third kappa shape index (κ3) is 4.09. The van der Waals surface area contributed by atoms with Crippen LogP contribution in [0.25, 0.3) is 0 Å². The molecular weight excluding hydrogens is 350 g/mol. The third-order valence-electron chi connectivity index (χ3n) is 5.74. The first kappa shape index (κ1) is 18.7. The van der Waals surface area contributed by atoms with Crippen molar-refractivity contribution in [1.29, 1.82) is 0 Å². The Morgan fingerprint density at radius 1 is 0.929 bits per heavy atom. The summed E-state index contributed by atoms with van der Waals surface area (Å²) in [6.07, 6.45) is 2.35. The van der Waals surface area contributed by atoms with E-state index in [-0.39, 0.29) is 23.8 Å². The van der Waals surface area contributed by atoms with Crippen LogP contribution in [0.4, 0.5) is 0 Å². The fourth-order valence-electron chi connectivity index (χ4n) is 4.22. The highest BCUT2D eigenvalue weighted by atomic mass is 16.2. The molecule has 1 fully saturated rings. The maximum atomic E-state index is 12.8. The molecule has 2 aromatic rings. The number of carbonyl (C=O) groups is 2. The van der Waals surface area contributed by atoms with Gasteiger partial charge in [-0.3, -0.25) is 9.59 Å². The van der Waals surface area contributed by atoms with Crippen molar-refractivity contribution < 1.29 is 9.59 Å². The molecule has 28 heavy (non-hydrogen) atoms. The minimum Gasteiger partial charge on any atom is -0.355 e. The second-order valence-electron chi connectivity index (χ2n) is 7.67. The zero-order valence-corrected chi connectivity index (χ0v) is 16.1. The second kappa shape index (κ2) is 8.57. The first-order chi connectivity index (χ1) is 13.7. The lowest BCUT2D eigenvalue weighted by Crippen LogP contribution is -2.43. The van der Waals surface area contributed by atoms with E-state index in [1.165, 1.54) is 0 Å². The summed E-state index contributed by atoms with van der Waals surface area (Å²) in [6.45, 7) is 2.82. The zero-order chi connectivity index (χ0) is 19.3. The van der Waals surface area contributed by atoms with Crippen molar-refractivity contribution >= 4 is 11.8 Å². The van der Waals surface area contributed by atoms with Crippen molar-refractivity contribution in [1.82, 2.24) is 15.5 Å². The van der Waals surface area contributed by atoms with Crippen LogP contribution in [0.15, 0.2) is 54.6 Å². The molecule has 146 valence electrons. The van der Waals surface area contributed by atoms with Crippen molar-refractivity contribution in [2.24, 2.45) is 0 Å². The summed E-state index contributed by atoms with van der Waals surface area (Å²) in [4.78, 5) is 27.5. The summed E-state index contributed by atoms with van der Waals surface area (Å²) in [5.74, 6) is 0.298. The van der Waals surface area contributed by atoms with Gasteiger partial charge in [-0.15, -0.1) is 0 Å². The zero-order valence-electron chi connectivity index (χ0n) is 16.1. The number of nitrogens with one attached hydrogen (secondary N) is 2. The van der Waals surface area contributed by atoms with Gasteiger partial charge in [-0.05, 0) is 36.6 Å². The first-order valence-electron chi connectivity index (χ1n) is 10.2. The van der Waals surface area contributed by atoms with E-state index >= 15 is 0 Å². The lowest BCUT2D eigenvalue weighted by Gasteiger charge is -2.34. The molecular formula is C23H27N3O2. The summed E-state index contributed by atoms with van der Waals surface area (Å²) in [5.41, 5.74) is 2.97. The molecule has 5 heteroatoms. The van der Waals surface area contributed by atoms with E-state index in [4.69, 9.17) is 0 Å². The molecule has 0 unspecified atom stereocenters. The predicted octanol–water partition coefficient (Wildman–Crippen LogP) is 2.86. The highest BCUT2D eigenvalue weighted by molar-refractivity contribution is 5.97. The van der Waals surface area contributed by atoms with E-state index in [1.807, 2.05) is 47.4 Å². The maximum absolute atomic E-state index is 12.8. The molecule has 2 amide bonds. The monoisotopic (exact) mass is 377 g/mol. The number of hydrogen-bond acceptors (Lipinski definition) is 3. The van der Waals surface area contributed by atoms with Gasteiger partial charge in [0.1, 0.15) is 0 Å². The van der Waals surface area contributed by atoms with Gasteiger partial charge in [0.05, 0.1) is 0 Å². The van der Waals surface area contributed by atoms with Crippen LogP contribution in [0, 0.1) is 0 Å². The van der Waals surface area contributed by atoms with Crippen LogP contribution >= 0.6 is 0 Å². The molecule has 0 aromatic heterocycles. The Kier molecular flexibility index (Phi) is 5.72. The summed E-state index contributed by atoms with van der Waals surface area (Å²) in [6, 6.07) is 18.0. The minimum atomic E-state index is 0.00977. The Morgan fingerprint density at radius 3 is 2.57 bits per heavy atom. The first-order valence-corrected chi connectivity index (χ1v) is 10.2. The van der Waals surface area contributed by atoms with Crippen LogP contribution in [-0.4, -0.2) is 42.9 Å². The number of rotatable bonds is 1. The fraction of sp³-hybridized carbons (Fsp3) is 0.391. The quantitative estimate of drug-likeness (QED) is 0.803. The van der Waals surface area contributed by atoms with Crippen LogP contribution in [0.3, 0.4) is 0 Å². The molecule has 1 saturated heterocycles. The molecule has 0 saturated carbocycles. The van der Waals surface area contributed by atoms with Gasteiger partial charge in [0.15, 0.2) is 0 Å². The number of nitrogens with zero attached hydrogens (tertiary/aromatic N) is 1. The standard InChI is InChI=1S/C23H27N3O2/c27-22-14-21(17-8-2-1-3-9-17)24-12-6-7-13-26-16-18(15-25-22)19-10-4-5-11-20(19)23(26)28/h1-5,8-11,18,21,24H,6-7,12-16H2,(H,25,27)/t18-,21-/m0/s1.